The second-order valence-electron chi connectivity index (χ2n) is 5.75. The number of amides is 2. The molecule has 1 aliphatic rings. The van der Waals surface area contributed by atoms with Crippen molar-refractivity contribution in [3.63, 3.8) is 0 Å². The Morgan fingerprint density at radius 1 is 1.40 bits per heavy atom. The Morgan fingerprint density at radius 2 is 2.16 bits per heavy atom. The van der Waals surface area contributed by atoms with Gasteiger partial charge in [-0.15, -0.1) is 0 Å². The molecule has 3 rings (SSSR count). The lowest BCUT2D eigenvalue weighted by Gasteiger charge is -2.31. The number of fused-ring (bicyclic) bond motifs is 1. The summed E-state index contributed by atoms with van der Waals surface area (Å²) in [7, 11) is 0. The summed E-state index contributed by atoms with van der Waals surface area (Å²) in [6.07, 6.45) is -0.706. The number of anilines is 3. The Balaban J connectivity index is 1.82. The molecule has 1 aromatic carbocycles. The van der Waals surface area contributed by atoms with Crippen molar-refractivity contribution in [3.8, 4) is 5.75 Å². The van der Waals surface area contributed by atoms with Gasteiger partial charge >= 0.3 is 0 Å². The fourth-order valence-electron chi connectivity index (χ4n) is 2.55. The third-order valence-corrected chi connectivity index (χ3v) is 4.03. The summed E-state index contributed by atoms with van der Waals surface area (Å²) < 4.78 is 5.51. The fourth-order valence-corrected chi connectivity index (χ4v) is 2.78. The average Bonchev–Trinajstić information content (AvgIpc) is 2.55. The summed E-state index contributed by atoms with van der Waals surface area (Å²) in [4.78, 5) is 30.3. The Kier molecular flexibility index (Phi) is 4.50. The van der Waals surface area contributed by atoms with Crippen LogP contribution in [0.4, 0.5) is 17.3 Å². The molecule has 1 atom stereocenters. The number of hydrogen-bond acceptors (Lipinski definition) is 5. The van der Waals surface area contributed by atoms with E-state index in [0.29, 0.717) is 16.5 Å². The van der Waals surface area contributed by atoms with Crippen LogP contribution in [0.25, 0.3) is 0 Å². The standard InChI is InChI=1S/C17H17ClN4O3/c1-9-7-11(18)3-4-12(9)20-15(23)8-22-16-13(5-6-14(19)21-16)25-10(2)17(22)24/h3-7,10H,8H2,1-2H3,(H2,19,21)(H,20,23). The van der Waals surface area contributed by atoms with E-state index in [4.69, 9.17) is 22.1 Å². The summed E-state index contributed by atoms with van der Waals surface area (Å²) >= 11 is 5.92. The first-order valence-corrected chi connectivity index (χ1v) is 8.03. The van der Waals surface area contributed by atoms with Crippen molar-refractivity contribution in [1.29, 1.82) is 0 Å². The zero-order valence-electron chi connectivity index (χ0n) is 13.7. The van der Waals surface area contributed by atoms with Crippen molar-refractivity contribution < 1.29 is 14.3 Å². The zero-order chi connectivity index (χ0) is 18.1. The topological polar surface area (TPSA) is 97.5 Å². The van der Waals surface area contributed by atoms with Crippen molar-refractivity contribution in [2.45, 2.75) is 20.0 Å². The molecule has 1 aliphatic heterocycles. The van der Waals surface area contributed by atoms with E-state index in [0.717, 1.165) is 5.56 Å². The predicted molar refractivity (Wildman–Crippen MR) is 95.9 cm³/mol. The van der Waals surface area contributed by atoms with Crippen LogP contribution in [0.3, 0.4) is 0 Å². The van der Waals surface area contributed by atoms with E-state index in [1.807, 2.05) is 6.92 Å². The zero-order valence-corrected chi connectivity index (χ0v) is 14.5. The van der Waals surface area contributed by atoms with Gasteiger partial charge < -0.3 is 15.8 Å². The maximum Gasteiger partial charge on any atom is 0.269 e. The van der Waals surface area contributed by atoms with Gasteiger partial charge in [0.05, 0.1) is 0 Å². The van der Waals surface area contributed by atoms with Gasteiger partial charge in [0, 0.05) is 10.7 Å². The smallest absolute Gasteiger partial charge is 0.269 e. The number of ether oxygens (including phenoxy) is 1. The second kappa shape index (κ2) is 6.60. The predicted octanol–water partition coefficient (Wildman–Crippen LogP) is 2.38. The molecule has 0 radical (unpaired) electrons. The molecule has 0 saturated carbocycles. The van der Waals surface area contributed by atoms with E-state index >= 15 is 0 Å². The van der Waals surface area contributed by atoms with Gasteiger partial charge in [-0.2, -0.15) is 0 Å². The number of nitrogens with one attached hydrogen (secondary N) is 1. The number of aryl methyl sites for hydroxylation is 1. The minimum atomic E-state index is -0.706. The first kappa shape index (κ1) is 17.0. The van der Waals surface area contributed by atoms with E-state index < -0.39 is 6.10 Å². The molecule has 25 heavy (non-hydrogen) atoms. The van der Waals surface area contributed by atoms with Gasteiger partial charge in [-0.3, -0.25) is 14.5 Å². The van der Waals surface area contributed by atoms with Crippen molar-refractivity contribution in [2.24, 2.45) is 0 Å². The Morgan fingerprint density at radius 3 is 2.88 bits per heavy atom. The van der Waals surface area contributed by atoms with Crippen LogP contribution in [0.1, 0.15) is 12.5 Å². The van der Waals surface area contributed by atoms with E-state index in [2.05, 4.69) is 10.3 Å². The highest BCUT2D eigenvalue weighted by Crippen LogP contribution is 2.32. The van der Waals surface area contributed by atoms with Crippen LogP contribution in [-0.2, 0) is 9.59 Å². The molecule has 8 heteroatoms. The third kappa shape index (κ3) is 3.51. The summed E-state index contributed by atoms with van der Waals surface area (Å²) in [5.74, 6) is 0.183. The lowest BCUT2D eigenvalue weighted by atomic mass is 10.2. The van der Waals surface area contributed by atoms with Crippen LogP contribution in [0.2, 0.25) is 5.02 Å². The molecule has 2 heterocycles. The van der Waals surface area contributed by atoms with Crippen LogP contribution in [0, 0.1) is 6.92 Å². The normalized spacial score (nSPS) is 16.2. The second-order valence-corrected chi connectivity index (χ2v) is 6.19. The van der Waals surface area contributed by atoms with Crippen LogP contribution in [0.15, 0.2) is 30.3 Å². The molecule has 3 N–H and O–H groups in total. The first-order chi connectivity index (χ1) is 11.8. The minimum Gasteiger partial charge on any atom is -0.477 e. The number of pyridine rings is 1. The van der Waals surface area contributed by atoms with Crippen LogP contribution < -0.4 is 20.7 Å². The average molecular weight is 361 g/mol. The summed E-state index contributed by atoms with van der Waals surface area (Å²) in [5.41, 5.74) is 7.15. The maximum atomic E-state index is 12.4. The van der Waals surface area contributed by atoms with Gasteiger partial charge in [-0.1, -0.05) is 11.6 Å². The third-order valence-electron chi connectivity index (χ3n) is 3.80. The van der Waals surface area contributed by atoms with Gasteiger partial charge in [0.15, 0.2) is 17.7 Å². The number of carbonyl (C=O) groups excluding carboxylic acids is 2. The minimum absolute atomic E-state index is 0.196. The van der Waals surface area contributed by atoms with Gasteiger partial charge in [0.2, 0.25) is 5.91 Å². The Bertz CT molecular complexity index is 856. The van der Waals surface area contributed by atoms with Crippen molar-refractivity contribution >= 4 is 40.7 Å². The summed E-state index contributed by atoms with van der Waals surface area (Å²) in [5, 5.41) is 3.36. The molecule has 2 aromatic rings. The molecular weight excluding hydrogens is 344 g/mol. The molecule has 130 valence electrons. The molecule has 2 amide bonds. The van der Waals surface area contributed by atoms with E-state index in [1.54, 1.807) is 37.3 Å². The number of halogens is 1. The van der Waals surface area contributed by atoms with Crippen molar-refractivity contribution in [2.75, 3.05) is 22.5 Å². The van der Waals surface area contributed by atoms with Gasteiger partial charge in [-0.25, -0.2) is 4.98 Å². The lowest BCUT2D eigenvalue weighted by molar-refractivity contribution is -0.127. The van der Waals surface area contributed by atoms with E-state index in [1.165, 1.54) is 4.90 Å². The molecule has 0 bridgehead atoms. The highest BCUT2D eigenvalue weighted by molar-refractivity contribution is 6.30. The monoisotopic (exact) mass is 360 g/mol. The Labute approximate surface area is 149 Å². The summed E-state index contributed by atoms with van der Waals surface area (Å²) in [6.45, 7) is 3.26. The number of benzene rings is 1. The van der Waals surface area contributed by atoms with Crippen LogP contribution in [0.5, 0.6) is 5.75 Å². The highest BCUT2D eigenvalue weighted by Gasteiger charge is 2.34. The van der Waals surface area contributed by atoms with E-state index in [-0.39, 0.29) is 30.0 Å². The largest absolute Gasteiger partial charge is 0.477 e. The molecule has 7 nitrogen and oxygen atoms in total. The number of nitrogens with zero attached hydrogens (tertiary/aromatic N) is 2. The molecule has 1 unspecified atom stereocenters. The molecule has 0 fully saturated rings. The number of aromatic nitrogens is 1. The van der Waals surface area contributed by atoms with Crippen molar-refractivity contribution in [3.05, 3.63) is 40.9 Å². The molecule has 0 saturated heterocycles. The first-order valence-electron chi connectivity index (χ1n) is 7.65. The van der Waals surface area contributed by atoms with Gasteiger partial charge in [0.25, 0.3) is 5.91 Å². The molecular formula is C17H17ClN4O3. The fraction of sp³-hybridized carbons (Fsp3) is 0.235. The SMILES string of the molecule is Cc1cc(Cl)ccc1NC(=O)CN1C(=O)C(C)Oc2ccc(N)nc21. The molecule has 0 spiro atoms. The lowest BCUT2D eigenvalue weighted by Crippen LogP contribution is -2.48. The highest BCUT2D eigenvalue weighted by atomic mass is 35.5. The molecule has 1 aromatic heterocycles. The van der Waals surface area contributed by atoms with E-state index in [9.17, 15) is 9.59 Å². The van der Waals surface area contributed by atoms with Gasteiger partial charge in [0.1, 0.15) is 12.4 Å². The van der Waals surface area contributed by atoms with Crippen LogP contribution >= 0.6 is 11.6 Å². The van der Waals surface area contributed by atoms with Crippen LogP contribution in [-0.4, -0.2) is 29.4 Å². The summed E-state index contributed by atoms with van der Waals surface area (Å²) in [6, 6.07) is 8.36. The van der Waals surface area contributed by atoms with Crippen molar-refractivity contribution in [1.82, 2.24) is 4.98 Å². The quantitative estimate of drug-likeness (QED) is 0.875. The maximum absolute atomic E-state index is 12.4. The number of rotatable bonds is 3. The number of nitrogens with two attached hydrogens (primary N) is 1. The molecule has 0 aliphatic carbocycles. The van der Waals surface area contributed by atoms with Gasteiger partial charge in [-0.05, 0) is 49.7 Å². The Hall–Kier alpha value is -2.80. The number of carbonyl (C=O) groups is 2. The number of hydrogen-bond donors (Lipinski definition) is 2. The number of nitrogen functional groups attached to an aromatic ring is 1.